The molecule has 2 aliphatic rings. The maximum absolute atomic E-state index is 10.4. The lowest BCUT2D eigenvalue weighted by molar-refractivity contribution is -0.433. The lowest BCUT2D eigenvalue weighted by atomic mass is 9.90. The molecule has 1 aliphatic carbocycles. The maximum Gasteiger partial charge on any atom is 0.169 e. The third-order valence-corrected chi connectivity index (χ3v) is 6.79. The highest BCUT2D eigenvalue weighted by Crippen LogP contribution is 2.40. The van der Waals surface area contributed by atoms with Crippen molar-refractivity contribution in [3.05, 3.63) is 65.7 Å². The minimum Gasteiger partial charge on any atom is -0.744 e. The zero-order valence-corrected chi connectivity index (χ0v) is 18.4. The van der Waals surface area contributed by atoms with E-state index in [0.717, 1.165) is 37.9 Å². The molecule has 1 aliphatic heterocycles. The quantitative estimate of drug-likeness (QED) is 0.750. The van der Waals surface area contributed by atoms with Gasteiger partial charge in [0.05, 0.1) is 23.6 Å². The van der Waals surface area contributed by atoms with E-state index in [4.69, 9.17) is 9.47 Å². The summed E-state index contributed by atoms with van der Waals surface area (Å²) in [4.78, 5) is -0.178. The Hall–Kier alpha value is -1.77. The average Bonchev–Trinajstić information content (AvgIpc) is 3.14. The van der Waals surface area contributed by atoms with Gasteiger partial charge in [-0.1, -0.05) is 55.0 Å². The Morgan fingerprint density at radius 3 is 2.23 bits per heavy atom. The van der Waals surface area contributed by atoms with Crippen molar-refractivity contribution < 1.29 is 28.2 Å². The molecule has 1 saturated carbocycles. The second-order valence-electron chi connectivity index (χ2n) is 8.29. The second kappa shape index (κ2) is 9.58. The average molecular weight is 434 g/mol. The predicted octanol–water partition coefficient (Wildman–Crippen LogP) is 2.99. The van der Waals surface area contributed by atoms with Gasteiger partial charge in [0.2, 0.25) is 0 Å². The fraction of sp³-hybridized carbons (Fsp3) is 0.478. The highest BCUT2D eigenvalue weighted by molar-refractivity contribution is 7.85. The van der Waals surface area contributed by atoms with Gasteiger partial charge in [0, 0.05) is 31.6 Å². The van der Waals surface area contributed by atoms with Crippen LogP contribution in [0.4, 0.5) is 0 Å². The van der Waals surface area contributed by atoms with Crippen molar-refractivity contribution in [2.24, 2.45) is 0 Å². The van der Waals surface area contributed by atoms with E-state index in [1.165, 1.54) is 17.7 Å². The van der Waals surface area contributed by atoms with Crippen LogP contribution in [0.15, 0.2) is 59.5 Å². The molecule has 2 aromatic carbocycles. The number of aryl methyl sites for hydroxylation is 1. The third kappa shape index (κ3) is 5.89. The zero-order valence-electron chi connectivity index (χ0n) is 17.6. The summed E-state index contributed by atoms with van der Waals surface area (Å²) in [7, 11) is -4.27. The van der Waals surface area contributed by atoms with E-state index in [1.807, 2.05) is 6.92 Å². The van der Waals surface area contributed by atoms with Gasteiger partial charge in [0.15, 0.2) is 5.79 Å². The molecule has 1 spiro atoms. The Balaban J connectivity index is 0.000000199. The lowest BCUT2D eigenvalue weighted by Gasteiger charge is -2.33. The predicted molar refractivity (Wildman–Crippen MR) is 113 cm³/mol. The van der Waals surface area contributed by atoms with E-state index in [2.05, 4.69) is 43.0 Å². The van der Waals surface area contributed by atoms with Crippen molar-refractivity contribution in [1.29, 1.82) is 0 Å². The summed E-state index contributed by atoms with van der Waals surface area (Å²) in [5.74, 6) is 0.0834. The molecule has 6 nitrogen and oxygen atoms in total. The van der Waals surface area contributed by atoms with Crippen molar-refractivity contribution in [1.82, 2.24) is 0 Å². The van der Waals surface area contributed by atoms with Gasteiger partial charge in [-0.3, -0.25) is 0 Å². The molecule has 1 unspecified atom stereocenters. The molecule has 7 heteroatoms. The molecule has 164 valence electrons. The molecule has 1 heterocycles. The number of hydrogen-bond acceptors (Lipinski definition) is 5. The Bertz CT molecular complexity index is 906. The van der Waals surface area contributed by atoms with Crippen LogP contribution in [0.1, 0.15) is 49.7 Å². The van der Waals surface area contributed by atoms with Crippen molar-refractivity contribution in [2.75, 3.05) is 6.61 Å². The normalized spacial score (nSPS) is 27.3. The van der Waals surface area contributed by atoms with Crippen LogP contribution in [0.25, 0.3) is 0 Å². The Morgan fingerprint density at radius 1 is 1.07 bits per heavy atom. The molecule has 2 atom stereocenters. The van der Waals surface area contributed by atoms with Gasteiger partial charge in [-0.15, -0.1) is 0 Å². The molecule has 0 aromatic heterocycles. The number of rotatable bonds is 3. The fourth-order valence-electron chi connectivity index (χ4n) is 3.88. The SMILES string of the molecule is C[C@@H](c1ccccc1)C1COC2(CCC([NH3+])CC2)O1.Cc1ccc(S(=O)(=O)[O-])cc1. The highest BCUT2D eigenvalue weighted by Gasteiger charge is 2.45. The van der Waals surface area contributed by atoms with E-state index in [1.54, 1.807) is 12.1 Å². The van der Waals surface area contributed by atoms with Crippen molar-refractivity contribution in [3.63, 3.8) is 0 Å². The maximum atomic E-state index is 10.4. The summed E-state index contributed by atoms with van der Waals surface area (Å²) in [6.45, 7) is 4.77. The first kappa shape index (κ1) is 22.9. The highest BCUT2D eigenvalue weighted by atomic mass is 32.2. The van der Waals surface area contributed by atoms with Crippen LogP contribution in [0.3, 0.4) is 0 Å². The van der Waals surface area contributed by atoms with Gasteiger partial charge < -0.3 is 19.8 Å². The molecular weight excluding hydrogens is 402 g/mol. The van der Waals surface area contributed by atoms with Crippen LogP contribution in [-0.4, -0.2) is 37.5 Å². The van der Waals surface area contributed by atoms with E-state index >= 15 is 0 Å². The van der Waals surface area contributed by atoms with E-state index in [9.17, 15) is 13.0 Å². The first-order valence-corrected chi connectivity index (χ1v) is 11.8. The molecular formula is C23H31NO5S. The first-order valence-electron chi connectivity index (χ1n) is 10.4. The molecule has 0 radical (unpaired) electrons. The number of ether oxygens (including phenoxy) is 2. The van der Waals surface area contributed by atoms with Gasteiger partial charge in [0.25, 0.3) is 0 Å². The smallest absolute Gasteiger partial charge is 0.169 e. The van der Waals surface area contributed by atoms with Crippen molar-refractivity contribution in [3.8, 4) is 0 Å². The van der Waals surface area contributed by atoms with E-state index < -0.39 is 10.1 Å². The minimum absolute atomic E-state index is 0.178. The third-order valence-electron chi connectivity index (χ3n) is 5.94. The van der Waals surface area contributed by atoms with Gasteiger partial charge in [-0.2, -0.15) is 0 Å². The van der Waals surface area contributed by atoms with Gasteiger partial charge in [-0.05, 0) is 24.6 Å². The summed E-state index contributed by atoms with van der Waals surface area (Å²) in [6.07, 6.45) is 4.42. The summed E-state index contributed by atoms with van der Waals surface area (Å²) in [5.41, 5.74) is 6.40. The van der Waals surface area contributed by atoms with Gasteiger partial charge in [0.1, 0.15) is 10.1 Å². The number of benzene rings is 2. The molecule has 1 saturated heterocycles. The molecule has 30 heavy (non-hydrogen) atoms. The van der Waals surface area contributed by atoms with E-state index in [-0.39, 0.29) is 16.8 Å². The fourth-order valence-corrected chi connectivity index (χ4v) is 4.35. The summed E-state index contributed by atoms with van der Waals surface area (Å²) in [5, 5.41) is 0. The van der Waals surface area contributed by atoms with Crippen LogP contribution in [0, 0.1) is 6.92 Å². The van der Waals surface area contributed by atoms with Crippen LogP contribution >= 0.6 is 0 Å². The Labute approximate surface area is 179 Å². The van der Waals surface area contributed by atoms with Gasteiger partial charge >= 0.3 is 0 Å². The van der Waals surface area contributed by atoms with Crippen molar-refractivity contribution in [2.45, 2.75) is 68.3 Å². The standard InChI is InChI=1S/C16H23NO2.C7H8O3S/c1-12(13-5-3-2-4-6-13)15-11-18-16(19-15)9-7-14(17)8-10-16;1-6-2-4-7(5-3-6)11(8,9)10/h2-6,12,14-15H,7-11,17H2,1H3;2-5H,1H3,(H,8,9,10)/t12-,14?,15?,16?;/m0./s1. The second-order valence-corrected chi connectivity index (χ2v) is 9.67. The largest absolute Gasteiger partial charge is 0.744 e. The summed E-state index contributed by atoms with van der Waals surface area (Å²) in [6, 6.07) is 16.9. The lowest BCUT2D eigenvalue weighted by Crippen LogP contribution is -2.63. The minimum atomic E-state index is -4.27. The monoisotopic (exact) mass is 433 g/mol. The van der Waals surface area contributed by atoms with Crippen LogP contribution < -0.4 is 5.73 Å². The van der Waals surface area contributed by atoms with E-state index in [0.29, 0.717) is 12.0 Å². The zero-order chi connectivity index (χ0) is 21.8. The van der Waals surface area contributed by atoms with Crippen LogP contribution in [0.2, 0.25) is 0 Å². The van der Waals surface area contributed by atoms with Crippen LogP contribution in [0.5, 0.6) is 0 Å². The molecule has 2 fully saturated rings. The first-order chi connectivity index (χ1) is 14.2. The number of quaternary nitrogens is 1. The molecule has 2 aromatic rings. The Morgan fingerprint density at radius 2 is 1.67 bits per heavy atom. The number of hydrogen-bond donors (Lipinski definition) is 1. The Kier molecular flexibility index (Phi) is 7.31. The molecule has 3 N–H and O–H groups in total. The van der Waals surface area contributed by atoms with Crippen molar-refractivity contribution >= 4 is 10.1 Å². The molecule has 0 amide bonds. The van der Waals surface area contributed by atoms with Crippen LogP contribution in [-0.2, 0) is 19.6 Å². The summed E-state index contributed by atoms with van der Waals surface area (Å²) < 4.78 is 43.5. The molecule has 4 rings (SSSR count). The van der Waals surface area contributed by atoms with Gasteiger partial charge in [-0.25, -0.2) is 8.42 Å². The molecule has 0 bridgehead atoms. The summed E-state index contributed by atoms with van der Waals surface area (Å²) >= 11 is 0. The topological polar surface area (TPSA) is 103 Å².